The Balaban J connectivity index is 2.38. The molecule has 2 aromatic rings. The molecule has 0 aliphatic heterocycles. The average Bonchev–Trinajstić information content (AvgIpc) is 2.53. The van der Waals surface area contributed by atoms with Gasteiger partial charge in [-0.1, -0.05) is 0 Å². The van der Waals surface area contributed by atoms with Gasteiger partial charge in [0.05, 0.1) is 17.7 Å². The van der Waals surface area contributed by atoms with Crippen LogP contribution in [0.25, 0.3) is 0 Å². The maximum absolute atomic E-state index is 11.2. The van der Waals surface area contributed by atoms with Crippen LogP contribution in [-0.2, 0) is 7.05 Å². The van der Waals surface area contributed by atoms with Gasteiger partial charge in [-0.3, -0.25) is 9.48 Å². The van der Waals surface area contributed by atoms with Crippen molar-refractivity contribution in [3.05, 3.63) is 28.6 Å². The third-order valence-electron chi connectivity index (χ3n) is 2.16. The second kappa shape index (κ2) is 3.69. The summed E-state index contributed by atoms with van der Waals surface area (Å²) in [6.45, 7) is 1.85. The lowest BCUT2D eigenvalue weighted by atomic mass is 10.4. The molecule has 0 aromatic carbocycles. The minimum atomic E-state index is -0.362. The van der Waals surface area contributed by atoms with E-state index in [1.165, 1.54) is 6.33 Å². The van der Waals surface area contributed by atoms with Crippen LogP contribution in [0.5, 0.6) is 0 Å². The minimum Gasteiger partial charge on any atom is -0.391 e. The van der Waals surface area contributed by atoms with Crippen molar-refractivity contribution >= 4 is 17.2 Å². The van der Waals surface area contributed by atoms with Gasteiger partial charge in [0.15, 0.2) is 5.82 Å². The summed E-state index contributed by atoms with van der Waals surface area (Å²) >= 11 is 0. The molecule has 16 heavy (non-hydrogen) atoms. The molecule has 0 unspecified atom stereocenters. The lowest BCUT2D eigenvalue weighted by Crippen LogP contribution is -2.14. The Kier molecular flexibility index (Phi) is 2.35. The van der Waals surface area contributed by atoms with Crippen molar-refractivity contribution in [2.24, 2.45) is 7.05 Å². The molecule has 4 N–H and O–H groups in total. The van der Waals surface area contributed by atoms with Gasteiger partial charge in [-0.15, -0.1) is 0 Å². The van der Waals surface area contributed by atoms with E-state index >= 15 is 0 Å². The summed E-state index contributed by atoms with van der Waals surface area (Å²) in [4.78, 5) is 17.6. The number of anilines is 3. The average molecular weight is 220 g/mol. The van der Waals surface area contributed by atoms with Gasteiger partial charge in [-0.25, -0.2) is 4.98 Å². The molecule has 2 rings (SSSR count). The van der Waals surface area contributed by atoms with Crippen LogP contribution in [0.2, 0.25) is 0 Å². The fraction of sp³-hybridized carbons (Fsp3) is 0.222. The fourth-order valence-corrected chi connectivity index (χ4v) is 1.36. The molecule has 2 aromatic heterocycles. The SMILES string of the molecule is Cc1nn(C)cc1Nc1nc[nH]c(=O)c1N. The van der Waals surface area contributed by atoms with E-state index in [4.69, 9.17) is 5.73 Å². The predicted octanol–water partition coefficient (Wildman–Crippen LogP) is 0.138. The number of nitrogens with zero attached hydrogens (tertiary/aromatic N) is 3. The van der Waals surface area contributed by atoms with E-state index in [0.29, 0.717) is 5.82 Å². The van der Waals surface area contributed by atoms with Crippen LogP contribution < -0.4 is 16.6 Å². The molecule has 2 heterocycles. The van der Waals surface area contributed by atoms with E-state index < -0.39 is 0 Å². The summed E-state index contributed by atoms with van der Waals surface area (Å²) in [5.41, 5.74) is 6.87. The normalized spacial score (nSPS) is 10.4. The van der Waals surface area contributed by atoms with E-state index in [2.05, 4.69) is 20.4 Å². The summed E-state index contributed by atoms with van der Waals surface area (Å²) in [6, 6.07) is 0. The molecular formula is C9H12N6O. The number of rotatable bonds is 2. The molecular weight excluding hydrogens is 208 g/mol. The summed E-state index contributed by atoms with van der Waals surface area (Å²) in [5.74, 6) is 0.333. The topological polar surface area (TPSA) is 102 Å². The van der Waals surface area contributed by atoms with Gasteiger partial charge in [0.25, 0.3) is 5.56 Å². The maximum atomic E-state index is 11.2. The van der Waals surface area contributed by atoms with Gasteiger partial charge in [0, 0.05) is 13.2 Å². The van der Waals surface area contributed by atoms with Crippen LogP contribution in [0.1, 0.15) is 5.69 Å². The highest BCUT2D eigenvalue weighted by Gasteiger charge is 2.08. The molecule has 0 radical (unpaired) electrons. The number of aromatic amines is 1. The standard InChI is InChI=1S/C9H12N6O/c1-5-6(3-15(2)14-5)13-8-7(10)9(16)12-4-11-8/h3-4H,10H2,1-2H3,(H2,11,12,13,16). The number of H-pyrrole nitrogens is 1. The molecule has 0 saturated carbocycles. The molecule has 0 spiro atoms. The number of hydrogen-bond acceptors (Lipinski definition) is 5. The van der Waals surface area contributed by atoms with Gasteiger partial charge < -0.3 is 16.0 Å². The molecule has 7 heteroatoms. The zero-order valence-corrected chi connectivity index (χ0v) is 8.98. The Hall–Kier alpha value is -2.31. The van der Waals surface area contributed by atoms with Gasteiger partial charge in [0.2, 0.25) is 0 Å². The summed E-state index contributed by atoms with van der Waals surface area (Å²) in [6.07, 6.45) is 3.09. The Labute approximate surface area is 91.3 Å². The van der Waals surface area contributed by atoms with Crippen LogP contribution in [0.15, 0.2) is 17.3 Å². The second-order valence-corrected chi connectivity index (χ2v) is 3.42. The molecule has 0 atom stereocenters. The van der Waals surface area contributed by atoms with E-state index in [1.807, 2.05) is 14.0 Å². The number of aryl methyl sites for hydroxylation is 2. The van der Waals surface area contributed by atoms with Crippen molar-refractivity contribution in [1.82, 2.24) is 19.7 Å². The quantitative estimate of drug-likeness (QED) is 0.668. The molecule has 7 nitrogen and oxygen atoms in total. The van der Waals surface area contributed by atoms with Crippen molar-refractivity contribution in [2.45, 2.75) is 6.92 Å². The van der Waals surface area contributed by atoms with E-state index in [1.54, 1.807) is 10.9 Å². The van der Waals surface area contributed by atoms with E-state index in [-0.39, 0.29) is 11.2 Å². The maximum Gasteiger partial charge on any atom is 0.276 e. The molecule has 0 aliphatic carbocycles. The molecule has 0 fully saturated rings. The number of nitrogen functional groups attached to an aromatic ring is 1. The number of hydrogen-bond donors (Lipinski definition) is 3. The van der Waals surface area contributed by atoms with Gasteiger partial charge >= 0.3 is 0 Å². The molecule has 0 bridgehead atoms. The van der Waals surface area contributed by atoms with E-state index in [0.717, 1.165) is 11.4 Å². The second-order valence-electron chi connectivity index (χ2n) is 3.42. The lowest BCUT2D eigenvalue weighted by molar-refractivity contribution is 0.756. The Bertz CT molecular complexity index is 570. The zero-order chi connectivity index (χ0) is 11.7. The van der Waals surface area contributed by atoms with Crippen molar-refractivity contribution in [2.75, 3.05) is 11.1 Å². The monoisotopic (exact) mass is 220 g/mol. The number of nitrogens with two attached hydrogens (primary N) is 1. The predicted molar refractivity (Wildman–Crippen MR) is 60.5 cm³/mol. The van der Waals surface area contributed by atoms with Crippen molar-refractivity contribution in [3.8, 4) is 0 Å². The first-order valence-corrected chi connectivity index (χ1v) is 4.68. The Morgan fingerprint density at radius 1 is 1.56 bits per heavy atom. The summed E-state index contributed by atoms with van der Waals surface area (Å²) in [7, 11) is 1.81. The largest absolute Gasteiger partial charge is 0.391 e. The highest BCUT2D eigenvalue weighted by molar-refractivity contribution is 5.68. The first-order chi connectivity index (χ1) is 7.58. The smallest absolute Gasteiger partial charge is 0.276 e. The summed E-state index contributed by atoms with van der Waals surface area (Å²) in [5, 5.41) is 7.12. The Morgan fingerprint density at radius 2 is 2.31 bits per heavy atom. The summed E-state index contributed by atoms with van der Waals surface area (Å²) < 4.78 is 1.67. The van der Waals surface area contributed by atoms with Crippen LogP contribution in [0.3, 0.4) is 0 Å². The first kappa shape index (κ1) is 10.2. The molecule has 84 valence electrons. The molecule has 0 amide bonds. The van der Waals surface area contributed by atoms with Gasteiger partial charge in [-0.2, -0.15) is 5.10 Å². The van der Waals surface area contributed by atoms with Crippen LogP contribution in [-0.4, -0.2) is 19.7 Å². The lowest BCUT2D eigenvalue weighted by Gasteiger charge is -2.04. The van der Waals surface area contributed by atoms with Crippen LogP contribution >= 0.6 is 0 Å². The van der Waals surface area contributed by atoms with Gasteiger partial charge in [-0.05, 0) is 6.92 Å². The number of aromatic nitrogens is 4. The minimum absolute atomic E-state index is 0.0609. The Morgan fingerprint density at radius 3 is 2.94 bits per heavy atom. The third kappa shape index (κ3) is 1.74. The van der Waals surface area contributed by atoms with E-state index in [9.17, 15) is 4.79 Å². The molecule has 0 aliphatic rings. The highest BCUT2D eigenvalue weighted by atomic mass is 16.1. The van der Waals surface area contributed by atoms with Crippen molar-refractivity contribution in [1.29, 1.82) is 0 Å². The molecule has 0 saturated heterocycles. The fourth-order valence-electron chi connectivity index (χ4n) is 1.36. The van der Waals surface area contributed by atoms with Crippen LogP contribution in [0, 0.1) is 6.92 Å². The third-order valence-corrected chi connectivity index (χ3v) is 2.16. The number of nitrogens with one attached hydrogen (secondary N) is 2. The van der Waals surface area contributed by atoms with Gasteiger partial charge in [0.1, 0.15) is 5.69 Å². The highest BCUT2D eigenvalue weighted by Crippen LogP contribution is 2.19. The first-order valence-electron chi connectivity index (χ1n) is 4.68. The van der Waals surface area contributed by atoms with Crippen LogP contribution in [0.4, 0.5) is 17.2 Å². The zero-order valence-electron chi connectivity index (χ0n) is 8.98. The van der Waals surface area contributed by atoms with Crippen molar-refractivity contribution in [3.63, 3.8) is 0 Å². The van der Waals surface area contributed by atoms with Crippen molar-refractivity contribution < 1.29 is 0 Å².